The van der Waals surface area contributed by atoms with Crippen LogP contribution in [-0.2, 0) is 4.74 Å². The molecule has 0 aliphatic heterocycles. The van der Waals surface area contributed by atoms with Gasteiger partial charge in [-0.05, 0) is 33.1 Å². The SMILES string of the molecule is CCO[C@@H]1C[C@H](NC(=O)c2cnc([C@H](C)O)s2)C1(CC)CC. The Balaban J connectivity index is 2.04. The second kappa shape index (κ2) is 7.06. The molecule has 5 nitrogen and oxygen atoms in total. The maximum atomic E-state index is 12.4. The summed E-state index contributed by atoms with van der Waals surface area (Å²) < 4.78 is 5.83. The minimum Gasteiger partial charge on any atom is -0.386 e. The molecule has 0 spiro atoms. The Morgan fingerprint density at radius 3 is 2.73 bits per heavy atom. The smallest absolute Gasteiger partial charge is 0.263 e. The van der Waals surface area contributed by atoms with Gasteiger partial charge in [0.1, 0.15) is 16.0 Å². The lowest BCUT2D eigenvalue weighted by molar-refractivity contribution is -0.134. The number of hydrogen-bond acceptors (Lipinski definition) is 5. The van der Waals surface area contributed by atoms with Crippen molar-refractivity contribution >= 4 is 17.2 Å². The number of nitrogens with zero attached hydrogens (tertiary/aromatic N) is 1. The van der Waals surface area contributed by atoms with Crippen molar-refractivity contribution in [1.29, 1.82) is 0 Å². The van der Waals surface area contributed by atoms with Gasteiger partial charge in [-0.1, -0.05) is 13.8 Å². The van der Waals surface area contributed by atoms with Crippen molar-refractivity contribution in [2.45, 2.75) is 65.2 Å². The molecule has 0 unspecified atom stereocenters. The third-order valence-electron chi connectivity index (χ3n) is 4.88. The van der Waals surface area contributed by atoms with Crippen molar-refractivity contribution in [3.05, 3.63) is 16.1 Å². The van der Waals surface area contributed by atoms with E-state index < -0.39 is 6.10 Å². The van der Waals surface area contributed by atoms with Gasteiger partial charge in [0.25, 0.3) is 5.91 Å². The normalized spacial score (nSPS) is 24.6. The molecule has 1 aromatic heterocycles. The lowest BCUT2D eigenvalue weighted by Gasteiger charge is -2.55. The number of hydrogen-bond donors (Lipinski definition) is 2. The van der Waals surface area contributed by atoms with Crippen LogP contribution >= 0.6 is 11.3 Å². The Bertz CT molecular complexity index is 511. The van der Waals surface area contributed by atoms with E-state index in [2.05, 4.69) is 24.1 Å². The lowest BCUT2D eigenvalue weighted by Crippen LogP contribution is -2.64. The molecule has 1 saturated carbocycles. The van der Waals surface area contributed by atoms with Gasteiger partial charge in [0, 0.05) is 18.1 Å². The third-order valence-corrected chi connectivity index (χ3v) is 6.05. The summed E-state index contributed by atoms with van der Waals surface area (Å²) in [6.45, 7) is 8.69. The van der Waals surface area contributed by atoms with Gasteiger partial charge in [0.15, 0.2) is 0 Å². The van der Waals surface area contributed by atoms with Crippen LogP contribution in [0.3, 0.4) is 0 Å². The Morgan fingerprint density at radius 2 is 2.23 bits per heavy atom. The van der Waals surface area contributed by atoms with Gasteiger partial charge in [-0.3, -0.25) is 4.79 Å². The molecule has 3 atom stereocenters. The molecule has 22 heavy (non-hydrogen) atoms. The van der Waals surface area contributed by atoms with Crippen molar-refractivity contribution < 1.29 is 14.6 Å². The molecule has 1 aliphatic rings. The number of aromatic nitrogens is 1. The molecular weight excluding hydrogens is 300 g/mol. The van der Waals surface area contributed by atoms with E-state index in [0.29, 0.717) is 16.5 Å². The first-order valence-electron chi connectivity index (χ1n) is 8.04. The van der Waals surface area contributed by atoms with Crippen LogP contribution in [0.5, 0.6) is 0 Å². The quantitative estimate of drug-likeness (QED) is 0.808. The molecule has 1 aliphatic carbocycles. The highest BCUT2D eigenvalue weighted by Gasteiger charge is 2.53. The lowest BCUT2D eigenvalue weighted by atomic mass is 9.58. The summed E-state index contributed by atoms with van der Waals surface area (Å²) in [4.78, 5) is 17.0. The first-order chi connectivity index (χ1) is 10.5. The van der Waals surface area contributed by atoms with Crippen LogP contribution in [0.1, 0.15) is 67.7 Å². The average Bonchev–Trinajstić information content (AvgIpc) is 2.97. The van der Waals surface area contributed by atoms with Crippen LogP contribution < -0.4 is 5.32 Å². The van der Waals surface area contributed by atoms with Crippen LogP contribution in [0, 0.1) is 5.41 Å². The van der Waals surface area contributed by atoms with Gasteiger partial charge < -0.3 is 15.2 Å². The number of ether oxygens (including phenoxy) is 1. The number of rotatable bonds is 7. The fraction of sp³-hybridized carbons (Fsp3) is 0.750. The first kappa shape index (κ1) is 17.4. The van der Waals surface area contributed by atoms with Gasteiger partial charge in [0.05, 0.1) is 12.3 Å². The van der Waals surface area contributed by atoms with Crippen LogP contribution in [0.4, 0.5) is 0 Å². The van der Waals surface area contributed by atoms with E-state index in [1.165, 1.54) is 11.3 Å². The average molecular weight is 326 g/mol. The summed E-state index contributed by atoms with van der Waals surface area (Å²) in [5.41, 5.74) is 0.0312. The number of thiazole rings is 1. The van der Waals surface area contributed by atoms with Gasteiger partial charge in [0.2, 0.25) is 0 Å². The van der Waals surface area contributed by atoms with Crippen LogP contribution in [0.25, 0.3) is 0 Å². The van der Waals surface area contributed by atoms with Crippen molar-refractivity contribution in [2.75, 3.05) is 6.61 Å². The van der Waals surface area contributed by atoms with Gasteiger partial charge in [-0.15, -0.1) is 11.3 Å². The Kier molecular flexibility index (Phi) is 5.58. The minimum absolute atomic E-state index is 0.0312. The predicted molar refractivity (Wildman–Crippen MR) is 87.0 cm³/mol. The molecule has 0 bridgehead atoms. The molecule has 2 rings (SSSR count). The topological polar surface area (TPSA) is 71.5 Å². The van der Waals surface area contributed by atoms with E-state index in [0.717, 1.165) is 19.3 Å². The minimum atomic E-state index is -0.636. The second-order valence-electron chi connectivity index (χ2n) is 5.88. The standard InChI is InChI=1S/C16H26N2O3S/c1-5-16(6-2)12(8-13(16)21-7-3)18-14(20)11-9-17-15(22-11)10(4)19/h9-10,12-13,19H,5-8H2,1-4H3,(H,18,20)/t10-,12-,13+/m0/s1. The summed E-state index contributed by atoms with van der Waals surface area (Å²) in [6, 6.07) is 0.142. The molecule has 0 radical (unpaired) electrons. The summed E-state index contributed by atoms with van der Waals surface area (Å²) >= 11 is 1.25. The van der Waals surface area contributed by atoms with Crippen molar-refractivity contribution in [2.24, 2.45) is 5.41 Å². The number of aliphatic hydroxyl groups excluding tert-OH is 1. The molecule has 124 valence electrons. The van der Waals surface area contributed by atoms with Crippen LogP contribution in [0.15, 0.2) is 6.20 Å². The molecule has 2 N–H and O–H groups in total. The second-order valence-corrected chi connectivity index (χ2v) is 6.95. The molecule has 1 aromatic rings. The van der Waals surface area contributed by atoms with E-state index >= 15 is 0 Å². The predicted octanol–water partition coefficient (Wildman–Crippen LogP) is 2.91. The molecule has 1 fully saturated rings. The van der Waals surface area contributed by atoms with Crippen LogP contribution in [-0.4, -0.2) is 34.8 Å². The molecule has 1 heterocycles. The highest BCUT2D eigenvalue weighted by molar-refractivity contribution is 7.13. The van der Waals surface area contributed by atoms with E-state index in [-0.39, 0.29) is 23.5 Å². The van der Waals surface area contributed by atoms with Gasteiger partial charge in [-0.25, -0.2) is 4.98 Å². The molecule has 6 heteroatoms. The maximum Gasteiger partial charge on any atom is 0.263 e. The summed E-state index contributed by atoms with van der Waals surface area (Å²) in [7, 11) is 0. The molecule has 1 amide bonds. The zero-order valence-electron chi connectivity index (χ0n) is 13.8. The zero-order chi connectivity index (χ0) is 16.3. The van der Waals surface area contributed by atoms with Crippen LogP contribution in [0.2, 0.25) is 0 Å². The van der Waals surface area contributed by atoms with E-state index in [4.69, 9.17) is 4.74 Å². The Labute approximate surface area is 136 Å². The van der Waals surface area contributed by atoms with Crippen molar-refractivity contribution in [3.8, 4) is 0 Å². The van der Waals surface area contributed by atoms with Crippen molar-refractivity contribution in [1.82, 2.24) is 10.3 Å². The van der Waals surface area contributed by atoms with E-state index in [1.54, 1.807) is 13.1 Å². The maximum absolute atomic E-state index is 12.4. The van der Waals surface area contributed by atoms with E-state index in [9.17, 15) is 9.90 Å². The number of amides is 1. The summed E-state index contributed by atoms with van der Waals surface area (Å²) in [5, 5.41) is 13.2. The number of carbonyl (C=O) groups excluding carboxylic acids is 1. The van der Waals surface area contributed by atoms with Gasteiger partial charge in [-0.2, -0.15) is 0 Å². The zero-order valence-corrected chi connectivity index (χ0v) is 14.6. The third kappa shape index (κ3) is 3.05. The summed E-state index contributed by atoms with van der Waals surface area (Å²) in [6.07, 6.45) is 3.97. The molecule has 0 saturated heterocycles. The number of nitrogens with one attached hydrogen (secondary N) is 1. The largest absolute Gasteiger partial charge is 0.386 e. The fourth-order valence-corrected chi connectivity index (χ4v) is 4.16. The van der Waals surface area contributed by atoms with Crippen molar-refractivity contribution in [3.63, 3.8) is 0 Å². The van der Waals surface area contributed by atoms with Gasteiger partial charge >= 0.3 is 0 Å². The summed E-state index contributed by atoms with van der Waals surface area (Å²) in [5.74, 6) is -0.101. The first-order valence-corrected chi connectivity index (χ1v) is 8.86. The Hall–Kier alpha value is -0.980. The number of carbonyl (C=O) groups is 1. The number of aliphatic hydroxyl groups is 1. The fourth-order valence-electron chi connectivity index (χ4n) is 3.40. The molecular formula is C16H26N2O3S. The monoisotopic (exact) mass is 326 g/mol. The highest BCUT2D eigenvalue weighted by Crippen LogP contribution is 2.49. The highest BCUT2D eigenvalue weighted by atomic mass is 32.1. The molecule has 0 aromatic carbocycles. The van der Waals surface area contributed by atoms with E-state index in [1.807, 2.05) is 6.92 Å². The Morgan fingerprint density at radius 1 is 1.55 bits per heavy atom.